The molecular weight excluding hydrogens is 559 g/mol. The molecule has 0 amide bonds. The van der Waals surface area contributed by atoms with Gasteiger partial charge in [-0.25, -0.2) is 19.3 Å². The van der Waals surface area contributed by atoms with E-state index in [1.807, 2.05) is 6.20 Å². The van der Waals surface area contributed by atoms with Crippen molar-refractivity contribution in [1.29, 1.82) is 0 Å². The van der Waals surface area contributed by atoms with E-state index in [2.05, 4.69) is 57.8 Å². The van der Waals surface area contributed by atoms with Crippen LogP contribution in [-0.4, -0.2) is 46.0 Å². The third-order valence-electron chi connectivity index (χ3n) is 5.86. The maximum atomic E-state index is 12.2. The molecule has 0 unspecified atom stereocenters. The molecule has 3 heterocycles. The van der Waals surface area contributed by atoms with Crippen LogP contribution in [0, 0.1) is 3.70 Å². The summed E-state index contributed by atoms with van der Waals surface area (Å²) in [4.78, 5) is 20.8. The van der Waals surface area contributed by atoms with Crippen molar-refractivity contribution in [2.75, 3.05) is 6.61 Å². The number of rotatable bonds is 7. The fourth-order valence-corrected chi connectivity index (χ4v) is 5.77. The quantitative estimate of drug-likeness (QED) is 0.189. The summed E-state index contributed by atoms with van der Waals surface area (Å²) in [5.41, 5.74) is 1.87. The SMILES string of the molecule is C[Si](C)(C)CCOCn1c(I)cc2c(Cl)c([C@H]3CC[C@@H](OC(=O)n4ccnc4)C3)cnc21. The zero-order valence-corrected chi connectivity index (χ0v) is 22.5. The molecule has 172 valence electrons. The van der Waals surface area contributed by atoms with Crippen LogP contribution in [0.5, 0.6) is 0 Å². The second kappa shape index (κ2) is 9.82. The Morgan fingerprint density at radius 3 is 2.88 bits per heavy atom. The molecule has 0 radical (unpaired) electrons. The van der Waals surface area contributed by atoms with Crippen LogP contribution in [0.4, 0.5) is 4.79 Å². The van der Waals surface area contributed by atoms with E-state index in [0.717, 1.165) is 57.2 Å². The van der Waals surface area contributed by atoms with Gasteiger partial charge >= 0.3 is 6.09 Å². The molecule has 32 heavy (non-hydrogen) atoms. The first-order valence-corrected chi connectivity index (χ1v) is 16.0. The number of fused-ring (bicyclic) bond motifs is 1. The molecule has 3 aromatic heterocycles. The zero-order chi connectivity index (χ0) is 22.9. The summed E-state index contributed by atoms with van der Waals surface area (Å²) in [6.45, 7) is 8.28. The maximum Gasteiger partial charge on any atom is 0.419 e. The highest BCUT2D eigenvalue weighted by molar-refractivity contribution is 14.1. The average molecular weight is 587 g/mol. The predicted molar refractivity (Wildman–Crippen MR) is 136 cm³/mol. The molecule has 3 aromatic rings. The molecular formula is C22H28ClIN4O3Si. The fraction of sp³-hybridized carbons (Fsp3) is 0.500. The molecule has 10 heteroatoms. The molecule has 0 N–H and O–H groups in total. The minimum Gasteiger partial charge on any atom is -0.446 e. The van der Waals surface area contributed by atoms with E-state index >= 15 is 0 Å². The molecule has 0 saturated heterocycles. The summed E-state index contributed by atoms with van der Waals surface area (Å²) in [6, 6.07) is 3.21. The van der Waals surface area contributed by atoms with E-state index in [1.54, 1.807) is 12.4 Å². The maximum absolute atomic E-state index is 12.2. The molecule has 1 fully saturated rings. The average Bonchev–Trinajstić information content (AvgIpc) is 3.46. The van der Waals surface area contributed by atoms with Crippen LogP contribution in [0.25, 0.3) is 11.0 Å². The van der Waals surface area contributed by atoms with E-state index in [0.29, 0.717) is 6.73 Å². The first kappa shape index (κ1) is 23.7. The largest absolute Gasteiger partial charge is 0.446 e. The second-order valence-corrected chi connectivity index (χ2v) is 16.6. The molecule has 7 nitrogen and oxygen atoms in total. The van der Waals surface area contributed by atoms with Crippen LogP contribution in [0.3, 0.4) is 0 Å². The van der Waals surface area contributed by atoms with Gasteiger partial charge in [0.15, 0.2) is 0 Å². The van der Waals surface area contributed by atoms with Gasteiger partial charge in [0.25, 0.3) is 0 Å². The van der Waals surface area contributed by atoms with Crippen molar-refractivity contribution in [1.82, 2.24) is 19.1 Å². The lowest BCUT2D eigenvalue weighted by Gasteiger charge is -2.16. The Labute approximate surface area is 207 Å². The normalized spacial score (nSPS) is 19.0. The minimum atomic E-state index is -1.12. The monoisotopic (exact) mass is 586 g/mol. The van der Waals surface area contributed by atoms with Gasteiger partial charge in [-0.05, 0) is 65.4 Å². The van der Waals surface area contributed by atoms with Gasteiger partial charge in [0.2, 0.25) is 0 Å². The number of nitrogens with zero attached hydrogens (tertiary/aromatic N) is 4. The zero-order valence-electron chi connectivity index (χ0n) is 18.6. The van der Waals surface area contributed by atoms with E-state index in [9.17, 15) is 4.79 Å². The van der Waals surface area contributed by atoms with Crippen LogP contribution in [0.2, 0.25) is 30.7 Å². The highest BCUT2D eigenvalue weighted by Gasteiger charge is 2.31. The minimum absolute atomic E-state index is 0.133. The summed E-state index contributed by atoms with van der Waals surface area (Å²) in [7, 11) is -1.12. The van der Waals surface area contributed by atoms with Gasteiger partial charge in [-0.1, -0.05) is 31.2 Å². The van der Waals surface area contributed by atoms with Crippen LogP contribution in [-0.2, 0) is 16.2 Å². The smallest absolute Gasteiger partial charge is 0.419 e. The first-order chi connectivity index (χ1) is 15.2. The van der Waals surface area contributed by atoms with Gasteiger partial charge in [0.1, 0.15) is 24.8 Å². The third kappa shape index (κ3) is 5.37. The van der Waals surface area contributed by atoms with E-state index in [1.165, 1.54) is 10.9 Å². The Morgan fingerprint density at radius 2 is 2.16 bits per heavy atom. The molecule has 0 aromatic carbocycles. The van der Waals surface area contributed by atoms with E-state index < -0.39 is 14.2 Å². The Hall–Kier alpha value is -1.43. The number of hydrogen-bond acceptors (Lipinski definition) is 5. The van der Waals surface area contributed by atoms with E-state index in [4.69, 9.17) is 26.1 Å². The highest BCUT2D eigenvalue weighted by atomic mass is 127. The van der Waals surface area contributed by atoms with Crippen molar-refractivity contribution in [2.45, 2.75) is 63.7 Å². The summed E-state index contributed by atoms with van der Waals surface area (Å²) >= 11 is 9.16. The molecule has 4 rings (SSSR count). The van der Waals surface area contributed by atoms with Gasteiger partial charge in [0, 0.05) is 38.7 Å². The van der Waals surface area contributed by atoms with Crippen LogP contribution >= 0.6 is 34.2 Å². The summed E-state index contributed by atoms with van der Waals surface area (Å²) in [5.74, 6) is 0.217. The summed E-state index contributed by atoms with van der Waals surface area (Å²) in [6.07, 6.45) is 8.41. The number of halogens is 2. The Bertz CT molecular complexity index is 1100. The number of hydrogen-bond donors (Lipinski definition) is 0. The summed E-state index contributed by atoms with van der Waals surface area (Å²) in [5, 5.41) is 1.68. The second-order valence-electron chi connectivity index (χ2n) is 9.49. The van der Waals surface area contributed by atoms with Crippen LogP contribution in [0.1, 0.15) is 30.7 Å². The number of pyridine rings is 1. The van der Waals surface area contributed by atoms with Crippen LogP contribution in [0.15, 0.2) is 31.0 Å². The van der Waals surface area contributed by atoms with Gasteiger partial charge in [-0.15, -0.1) is 0 Å². The van der Waals surface area contributed by atoms with Crippen molar-refractivity contribution in [2.24, 2.45) is 0 Å². The van der Waals surface area contributed by atoms with Crippen molar-refractivity contribution in [3.05, 3.63) is 45.3 Å². The van der Waals surface area contributed by atoms with Gasteiger partial charge < -0.3 is 9.47 Å². The van der Waals surface area contributed by atoms with Crippen molar-refractivity contribution >= 4 is 59.4 Å². The van der Waals surface area contributed by atoms with E-state index in [-0.39, 0.29) is 12.0 Å². The topological polar surface area (TPSA) is 71.2 Å². The Morgan fingerprint density at radius 1 is 1.34 bits per heavy atom. The van der Waals surface area contributed by atoms with Crippen molar-refractivity contribution in [3.8, 4) is 0 Å². The molecule has 0 bridgehead atoms. The van der Waals surface area contributed by atoms with Crippen molar-refractivity contribution in [3.63, 3.8) is 0 Å². The highest BCUT2D eigenvalue weighted by Crippen LogP contribution is 2.41. The molecule has 1 aliphatic carbocycles. The number of carbonyl (C=O) groups is 1. The van der Waals surface area contributed by atoms with Crippen molar-refractivity contribution < 1.29 is 14.3 Å². The number of ether oxygens (including phenoxy) is 2. The van der Waals surface area contributed by atoms with Gasteiger partial charge in [-0.2, -0.15) is 0 Å². The Kier molecular flexibility index (Phi) is 7.28. The number of aromatic nitrogens is 4. The standard InChI is InChI=1S/C22H28ClIN4O3Si/c1-32(2,3)9-8-30-14-28-19(24)11-17-20(23)18(12-26-21(17)28)15-4-5-16(10-15)31-22(29)27-7-6-25-13-27/h6-7,11-13,15-16H,4-5,8-10,14H2,1-3H3/t15-,16+/m0/s1. The molecule has 1 saturated carbocycles. The van der Waals surface area contributed by atoms with Gasteiger partial charge in [0.05, 0.1) is 8.72 Å². The lowest BCUT2D eigenvalue weighted by atomic mass is 9.98. The number of carbonyl (C=O) groups excluding carboxylic acids is 1. The molecule has 0 aliphatic heterocycles. The lowest BCUT2D eigenvalue weighted by molar-refractivity contribution is 0.0883. The number of imidazole rings is 1. The Balaban J connectivity index is 1.44. The fourth-order valence-electron chi connectivity index (χ4n) is 3.99. The first-order valence-electron chi connectivity index (χ1n) is 10.8. The van der Waals surface area contributed by atoms with Gasteiger partial charge in [-0.3, -0.25) is 4.57 Å². The van der Waals surface area contributed by atoms with Crippen LogP contribution < -0.4 is 0 Å². The molecule has 0 spiro atoms. The summed E-state index contributed by atoms with van der Waals surface area (Å²) < 4.78 is 16.1. The third-order valence-corrected chi connectivity index (χ3v) is 8.88. The predicted octanol–water partition coefficient (Wildman–Crippen LogP) is 6.12. The molecule has 1 aliphatic rings. The lowest BCUT2D eigenvalue weighted by Crippen LogP contribution is -2.22. The molecule has 2 atom stereocenters.